The van der Waals surface area contributed by atoms with Crippen LogP contribution in [0.5, 0.6) is 0 Å². The summed E-state index contributed by atoms with van der Waals surface area (Å²) in [5.41, 5.74) is 2.95. The van der Waals surface area contributed by atoms with Crippen molar-refractivity contribution in [2.24, 2.45) is 0 Å². The van der Waals surface area contributed by atoms with Crippen LogP contribution in [0.15, 0.2) is 18.2 Å². The third-order valence-corrected chi connectivity index (χ3v) is 1.91. The van der Waals surface area contributed by atoms with E-state index in [0.717, 1.165) is 0 Å². The van der Waals surface area contributed by atoms with E-state index in [2.05, 4.69) is 18.2 Å². The average Bonchev–Trinajstić information content (AvgIpc) is 2.49. The molecule has 2 rings (SSSR count). The summed E-state index contributed by atoms with van der Waals surface area (Å²) >= 11 is 0. The van der Waals surface area contributed by atoms with E-state index in [0.29, 0.717) is 0 Å². The van der Waals surface area contributed by atoms with Crippen molar-refractivity contribution in [3.8, 4) is 0 Å². The molecule has 1 aromatic rings. The topological polar surface area (TPSA) is 3.24 Å². The molecule has 0 saturated carbocycles. The Kier molecular flexibility index (Phi) is 3.97. The lowest BCUT2D eigenvalue weighted by Gasteiger charge is -1.92. The molecule has 1 aliphatic rings. The molecule has 0 spiro atoms. The largest absolute Gasteiger partial charge is 0.312 e. The van der Waals surface area contributed by atoms with Gasteiger partial charge in [-0.3, -0.25) is 0 Å². The normalized spacial score (nSPS) is 13.5. The Balaban J connectivity index is 0.000000184. The fraction of sp³-hybridized carbons (Fsp3) is 0.500. The maximum atomic E-state index is 3.25. The van der Waals surface area contributed by atoms with Crippen LogP contribution in [0.25, 0.3) is 0 Å². The Bertz CT molecular complexity index is 227. The molecule has 0 unspecified atom stereocenters. The zero-order valence-electron chi connectivity index (χ0n) is 8.80. The third-order valence-electron chi connectivity index (χ3n) is 1.91. The molecule has 1 radical (unpaired) electrons. The summed E-state index contributed by atoms with van der Waals surface area (Å²) in [5, 5.41) is 0. The third kappa shape index (κ3) is 3.60. The van der Waals surface area contributed by atoms with Crippen LogP contribution in [0.2, 0.25) is 0 Å². The maximum absolute atomic E-state index is 3.25. The van der Waals surface area contributed by atoms with E-state index in [1.807, 2.05) is 32.1 Å². The van der Waals surface area contributed by atoms with Crippen molar-refractivity contribution in [2.45, 2.75) is 19.3 Å². The first-order valence-electron chi connectivity index (χ1n) is 4.79. The fourth-order valence-electron chi connectivity index (χ4n) is 1.43. The van der Waals surface area contributed by atoms with Crippen LogP contribution in [-0.2, 0) is 12.8 Å². The summed E-state index contributed by atoms with van der Waals surface area (Å²) < 4.78 is 0. The van der Waals surface area contributed by atoms with Crippen LogP contribution < -0.4 is 0 Å². The number of rotatable bonds is 0. The van der Waals surface area contributed by atoms with E-state index < -0.39 is 0 Å². The Labute approximate surface area is 81.4 Å². The van der Waals surface area contributed by atoms with E-state index in [1.54, 1.807) is 0 Å². The standard InChI is InChI=1S/C9H9.C3H9N/c1-2-5-9-7-3-6-8(9)4-1;1-4(2)3/h1-2,4H,3,6-7H2;1-3H3. The lowest BCUT2D eigenvalue weighted by molar-refractivity contribution is 0.505. The minimum Gasteiger partial charge on any atom is -0.312 e. The van der Waals surface area contributed by atoms with Gasteiger partial charge in [-0.2, -0.15) is 0 Å². The highest BCUT2D eigenvalue weighted by molar-refractivity contribution is 5.29. The number of hydrogen-bond acceptors (Lipinski definition) is 1. The van der Waals surface area contributed by atoms with Gasteiger partial charge >= 0.3 is 0 Å². The van der Waals surface area contributed by atoms with Gasteiger partial charge in [0.15, 0.2) is 0 Å². The molecule has 0 atom stereocenters. The first kappa shape index (κ1) is 10.3. The summed E-state index contributed by atoms with van der Waals surface area (Å²) in [6.45, 7) is 0. The molecule has 0 saturated heterocycles. The van der Waals surface area contributed by atoms with Crippen LogP contribution in [0.4, 0.5) is 0 Å². The quantitative estimate of drug-likeness (QED) is 0.585. The van der Waals surface area contributed by atoms with Gasteiger partial charge in [-0.15, -0.1) is 0 Å². The molecular weight excluding hydrogens is 158 g/mol. The first-order valence-corrected chi connectivity index (χ1v) is 4.79. The van der Waals surface area contributed by atoms with E-state index in [4.69, 9.17) is 0 Å². The van der Waals surface area contributed by atoms with Crippen molar-refractivity contribution in [2.75, 3.05) is 21.1 Å². The molecule has 0 aromatic heterocycles. The molecule has 1 heteroatoms. The zero-order valence-corrected chi connectivity index (χ0v) is 8.80. The molecule has 1 nitrogen and oxygen atoms in total. The Morgan fingerprint density at radius 2 is 1.92 bits per heavy atom. The van der Waals surface area contributed by atoms with Crippen molar-refractivity contribution in [1.29, 1.82) is 0 Å². The molecule has 71 valence electrons. The van der Waals surface area contributed by atoms with Gasteiger partial charge in [0.25, 0.3) is 0 Å². The number of fused-ring (bicyclic) bond motifs is 1. The highest BCUT2D eigenvalue weighted by Gasteiger charge is 2.07. The summed E-state index contributed by atoms with van der Waals surface area (Å²) in [6, 6.07) is 9.53. The average molecular weight is 176 g/mol. The lowest BCUT2D eigenvalue weighted by Crippen LogP contribution is -1.99. The van der Waals surface area contributed by atoms with Gasteiger partial charge in [0.2, 0.25) is 0 Å². The minimum atomic E-state index is 1.25. The number of benzene rings is 1. The lowest BCUT2D eigenvalue weighted by atomic mass is 10.1. The van der Waals surface area contributed by atoms with Gasteiger partial charge in [-0.05, 0) is 57.6 Å². The Morgan fingerprint density at radius 1 is 1.23 bits per heavy atom. The van der Waals surface area contributed by atoms with Crippen molar-refractivity contribution < 1.29 is 0 Å². The molecular formula is C12H18N. The first-order chi connectivity index (χ1) is 6.20. The van der Waals surface area contributed by atoms with E-state index in [9.17, 15) is 0 Å². The molecule has 13 heavy (non-hydrogen) atoms. The molecule has 0 N–H and O–H groups in total. The van der Waals surface area contributed by atoms with E-state index in [1.165, 1.54) is 30.4 Å². The SMILES string of the molecule is CN(C)C.[c]1cccc2c1CCC2. The zero-order chi connectivity index (χ0) is 9.68. The molecule has 1 aromatic carbocycles. The van der Waals surface area contributed by atoms with Crippen LogP contribution in [0.3, 0.4) is 0 Å². The predicted molar refractivity (Wildman–Crippen MR) is 56.9 cm³/mol. The Morgan fingerprint density at radius 3 is 2.54 bits per heavy atom. The van der Waals surface area contributed by atoms with E-state index >= 15 is 0 Å². The van der Waals surface area contributed by atoms with Gasteiger partial charge in [-0.1, -0.05) is 18.2 Å². The molecule has 1 aliphatic carbocycles. The van der Waals surface area contributed by atoms with Crippen LogP contribution in [0.1, 0.15) is 17.5 Å². The second kappa shape index (κ2) is 5.03. The molecule has 0 heterocycles. The smallest absolute Gasteiger partial charge is 0.0140 e. The summed E-state index contributed by atoms with van der Waals surface area (Å²) in [5.74, 6) is 0. The summed E-state index contributed by atoms with van der Waals surface area (Å²) in [6.07, 6.45) is 3.85. The van der Waals surface area contributed by atoms with Crippen molar-refractivity contribution >= 4 is 0 Å². The number of hydrogen-bond donors (Lipinski definition) is 0. The summed E-state index contributed by atoms with van der Waals surface area (Å²) in [4.78, 5) is 2.00. The minimum absolute atomic E-state index is 1.25. The van der Waals surface area contributed by atoms with Gasteiger partial charge in [-0.25, -0.2) is 0 Å². The van der Waals surface area contributed by atoms with Gasteiger partial charge < -0.3 is 4.90 Å². The highest BCUT2D eigenvalue weighted by Crippen LogP contribution is 2.19. The molecule has 0 bridgehead atoms. The van der Waals surface area contributed by atoms with Crippen molar-refractivity contribution in [1.82, 2.24) is 4.90 Å². The van der Waals surface area contributed by atoms with Gasteiger partial charge in [0, 0.05) is 0 Å². The number of nitrogens with zero attached hydrogens (tertiary/aromatic N) is 1. The van der Waals surface area contributed by atoms with Crippen molar-refractivity contribution in [3.63, 3.8) is 0 Å². The van der Waals surface area contributed by atoms with Crippen LogP contribution in [-0.4, -0.2) is 26.0 Å². The predicted octanol–water partition coefficient (Wildman–Crippen LogP) is 2.15. The molecule has 0 fully saturated rings. The maximum Gasteiger partial charge on any atom is -0.0140 e. The fourth-order valence-corrected chi connectivity index (χ4v) is 1.43. The molecule has 0 aliphatic heterocycles. The van der Waals surface area contributed by atoms with Gasteiger partial charge in [0.05, 0.1) is 0 Å². The second-order valence-electron chi connectivity index (χ2n) is 3.87. The molecule has 0 amide bonds. The second-order valence-corrected chi connectivity index (χ2v) is 3.87. The van der Waals surface area contributed by atoms with Crippen LogP contribution >= 0.6 is 0 Å². The Hall–Kier alpha value is -0.820. The van der Waals surface area contributed by atoms with E-state index in [-0.39, 0.29) is 0 Å². The summed E-state index contributed by atoms with van der Waals surface area (Å²) in [7, 11) is 6.00. The van der Waals surface area contributed by atoms with Crippen LogP contribution in [0, 0.1) is 6.07 Å². The van der Waals surface area contributed by atoms with Gasteiger partial charge in [0.1, 0.15) is 0 Å². The van der Waals surface area contributed by atoms with Crippen molar-refractivity contribution in [3.05, 3.63) is 35.4 Å². The highest BCUT2D eigenvalue weighted by atomic mass is 15.0. The monoisotopic (exact) mass is 176 g/mol. The number of aryl methyl sites for hydroxylation is 2.